The van der Waals surface area contributed by atoms with E-state index >= 15 is 0 Å². The number of esters is 1. The summed E-state index contributed by atoms with van der Waals surface area (Å²) in [7, 11) is 0. The molecule has 0 N–H and O–H groups in total. The zero-order valence-corrected chi connectivity index (χ0v) is 15.9. The van der Waals surface area contributed by atoms with Crippen molar-refractivity contribution in [1.29, 1.82) is 0 Å². The van der Waals surface area contributed by atoms with Gasteiger partial charge in [0.1, 0.15) is 0 Å². The highest BCUT2D eigenvalue weighted by molar-refractivity contribution is 5.76. The van der Waals surface area contributed by atoms with Gasteiger partial charge in [-0.1, -0.05) is 56.2 Å². The molecule has 0 aliphatic heterocycles. The maximum Gasteiger partial charge on any atom is 0.312 e. The van der Waals surface area contributed by atoms with Crippen LogP contribution in [0.1, 0.15) is 65.4 Å². The maximum absolute atomic E-state index is 12.6. The van der Waals surface area contributed by atoms with Gasteiger partial charge in [0.25, 0.3) is 0 Å². The van der Waals surface area contributed by atoms with Crippen molar-refractivity contribution in [1.82, 2.24) is 0 Å². The standard InChI is InChI=1S/C22H34O2/c1-6-22(5,17-20-13-8-7-9-14-20)21(23)24-16-15-19(4)12-10-11-18(2)3/h7-9,13-14,19H,2,6,10-12,15-17H2,1,3-5H3. The second kappa shape index (κ2) is 10.3. The van der Waals surface area contributed by atoms with Crippen LogP contribution in [-0.4, -0.2) is 12.6 Å². The first-order valence-corrected chi connectivity index (χ1v) is 9.23. The summed E-state index contributed by atoms with van der Waals surface area (Å²) in [4.78, 5) is 12.6. The maximum atomic E-state index is 12.6. The third kappa shape index (κ3) is 7.33. The molecule has 2 atom stereocenters. The molecule has 0 radical (unpaired) electrons. The van der Waals surface area contributed by atoms with E-state index in [4.69, 9.17) is 4.74 Å². The van der Waals surface area contributed by atoms with Crippen molar-refractivity contribution in [2.75, 3.05) is 6.61 Å². The van der Waals surface area contributed by atoms with Gasteiger partial charge < -0.3 is 4.74 Å². The summed E-state index contributed by atoms with van der Waals surface area (Å²) >= 11 is 0. The van der Waals surface area contributed by atoms with Crippen molar-refractivity contribution in [2.45, 2.75) is 66.2 Å². The molecule has 0 fully saturated rings. The normalized spacial score (nSPS) is 14.7. The Morgan fingerprint density at radius 2 is 1.92 bits per heavy atom. The number of carbonyl (C=O) groups excluding carboxylic acids is 1. The Morgan fingerprint density at radius 1 is 1.25 bits per heavy atom. The molecule has 0 aromatic heterocycles. The van der Waals surface area contributed by atoms with Crippen LogP contribution in [-0.2, 0) is 16.0 Å². The molecule has 0 spiro atoms. The zero-order chi connectivity index (χ0) is 18.0. The number of ether oxygens (including phenoxy) is 1. The van der Waals surface area contributed by atoms with Gasteiger partial charge in [-0.2, -0.15) is 0 Å². The van der Waals surface area contributed by atoms with Crippen LogP contribution in [0.2, 0.25) is 0 Å². The third-order valence-electron chi connectivity index (χ3n) is 4.85. The molecular formula is C22H34O2. The van der Waals surface area contributed by atoms with Crippen molar-refractivity contribution in [3.05, 3.63) is 48.0 Å². The van der Waals surface area contributed by atoms with Crippen molar-refractivity contribution in [3.63, 3.8) is 0 Å². The number of hydrogen-bond donors (Lipinski definition) is 0. The van der Waals surface area contributed by atoms with Crippen molar-refractivity contribution in [3.8, 4) is 0 Å². The zero-order valence-electron chi connectivity index (χ0n) is 15.9. The summed E-state index contributed by atoms with van der Waals surface area (Å²) in [6.45, 7) is 12.8. The predicted octanol–water partition coefficient (Wildman–Crippen LogP) is 5.96. The molecule has 2 heteroatoms. The quantitative estimate of drug-likeness (QED) is 0.369. The highest BCUT2D eigenvalue weighted by Gasteiger charge is 2.33. The van der Waals surface area contributed by atoms with Crippen molar-refractivity contribution in [2.24, 2.45) is 11.3 Å². The Bertz CT molecular complexity index is 506. The lowest BCUT2D eigenvalue weighted by Crippen LogP contribution is -2.32. The Labute approximate surface area is 148 Å². The number of rotatable bonds is 11. The molecule has 0 amide bonds. The predicted molar refractivity (Wildman–Crippen MR) is 102 cm³/mol. The molecule has 0 saturated carbocycles. The van der Waals surface area contributed by atoms with E-state index in [0.29, 0.717) is 12.5 Å². The van der Waals surface area contributed by atoms with Crippen LogP contribution in [0, 0.1) is 11.3 Å². The van der Waals surface area contributed by atoms with Crippen LogP contribution >= 0.6 is 0 Å². The van der Waals surface area contributed by atoms with Crippen LogP contribution in [0.3, 0.4) is 0 Å². The first kappa shape index (κ1) is 20.5. The second-order valence-corrected chi connectivity index (χ2v) is 7.46. The number of carbonyl (C=O) groups is 1. The minimum Gasteiger partial charge on any atom is -0.465 e. The lowest BCUT2D eigenvalue weighted by atomic mass is 9.81. The van der Waals surface area contributed by atoms with Gasteiger partial charge in [0.15, 0.2) is 0 Å². The Balaban J connectivity index is 2.40. The molecule has 2 unspecified atom stereocenters. The van der Waals surface area contributed by atoms with Crippen LogP contribution in [0.5, 0.6) is 0 Å². The van der Waals surface area contributed by atoms with Crippen LogP contribution in [0.15, 0.2) is 42.5 Å². The fourth-order valence-corrected chi connectivity index (χ4v) is 2.81. The molecule has 0 heterocycles. The van der Waals surface area contributed by atoms with Gasteiger partial charge in [-0.25, -0.2) is 0 Å². The molecule has 1 rings (SSSR count). The molecule has 134 valence electrons. The van der Waals surface area contributed by atoms with Gasteiger partial charge in [0, 0.05) is 0 Å². The monoisotopic (exact) mass is 330 g/mol. The number of allylic oxidation sites excluding steroid dienone is 1. The highest BCUT2D eigenvalue weighted by Crippen LogP contribution is 2.28. The van der Waals surface area contributed by atoms with Gasteiger partial charge in [0.05, 0.1) is 12.0 Å². The minimum absolute atomic E-state index is 0.0667. The molecule has 0 aliphatic rings. The summed E-state index contributed by atoms with van der Waals surface area (Å²) in [6, 6.07) is 10.2. The Morgan fingerprint density at radius 3 is 2.50 bits per heavy atom. The van der Waals surface area contributed by atoms with E-state index in [-0.39, 0.29) is 5.97 Å². The average Bonchev–Trinajstić information content (AvgIpc) is 2.55. The number of hydrogen-bond acceptors (Lipinski definition) is 2. The van der Waals surface area contributed by atoms with E-state index in [1.54, 1.807) is 0 Å². The van der Waals surface area contributed by atoms with E-state index in [0.717, 1.165) is 25.7 Å². The minimum atomic E-state index is -0.440. The highest BCUT2D eigenvalue weighted by atomic mass is 16.5. The average molecular weight is 331 g/mol. The molecule has 1 aromatic carbocycles. The van der Waals surface area contributed by atoms with E-state index in [9.17, 15) is 4.79 Å². The lowest BCUT2D eigenvalue weighted by molar-refractivity contribution is -0.155. The first-order chi connectivity index (χ1) is 11.4. The Hall–Kier alpha value is -1.57. The SMILES string of the molecule is C=C(C)CCCC(C)CCOC(=O)C(C)(CC)Cc1ccccc1. The van der Waals surface area contributed by atoms with Crippen molar-refractivity contribution < 1.29 is 9.53 Å². The molecule has 0 bridgehead atoms. The molecular weight excluding hydrogens is 296 g/mol. The fourth-order valence-electron chi connectivity index (χ4n) is 2.81. The van der Waals surface area contributed by atoms with Gasteiger partial charge in [-0.05, 0) is 57.4 Å². The second-order valence-electron chi connectivity index (χ2n) is 7.46. The summed E-state index contributed by atoms with van der Waals surface area (Å²) in [5.41, 5.74) is 1.99. The molecule has 1 aromatic rings. The topological polar surface area (TPSA) is 26.3 Å². The van der Waals surface area contributed by atoms with Gasteiger partial charge in [-0.3, -0.25) is 4.79 Å². The van der Waals surface area contributed by atoms with Crippen molar-refractivity contribution >= 4 is 5.97 Å². The van der Waals surface area contributed by atoms with Gasteiger partial charge >= 0.3 is 5.97 Å². The van der Waals surface area contributed by atoms with E-state index in [1.807, 2.05) is 25.1 Å². The molecule has 24 heavy (non-hydrogen) atoms. The van der Waals surface area contributed by atoms with E-state index < -0.39 is 5.41 Å². The summed E-state index contributed by atoms with van der Waals surface area (Å²) in [5.74, 6) is 0.516. The van der Waals surface area contributed by atoms with Crippen LogP contribution in [0.4, 0.5) is 0 Å². The third-order valence-corrected chi connectivity index (χ3v) is 4.85. The van der Waals surface area contributed by atoms with Gasteiger partial charge in [0.2, 0.25) is 0 Å². The molecule has 0 aliphatic carbocycles. The summed E-state index contributed by atoms with van der Waals surface area (Å²) in [5, 5.41) is 0. The molecule has 2 nitrogen and oxygen atoms in total. The summed E-state index contributed by atoms with van der Waals surface area (Å²) in [6.07, 6.45) is 5.89. The lowest BCUT2D eigenvalue weighted by Gasteiger charge is -2.26. The largest absolute Gasteiger partial charge is 0.465 e. The van der Waals surface area contributed by atoms with Crippen LogP contribution in [0.25, 0.3) is 0 Å². The van der Waals surface area contributed by atoms with Crippen LogP contribution < -0.4 is 0 Å². The first-order valence-electron chi connectivity index (χ1n) is 9.23. The fraction of sp³-hybridized carbons (Fsp3) is 0.591. The van der Waals surface area contributed by atoms with E-state index in [1.165, 1.54) is 24.0 Å². The molecule has 0 saturated heterocycles. The Kier molecular flexibility index (Phi) is 8.81. The smallest absolute Gasteiger partial charge is 0.312 e. The van der Waals surface area contributed by atoms with E-state index in [2.05, 4.69) is 39.5 Å². The van der Waals surface area contributed by atoms with Gasteiger partial charge in [-0.15, -0.1) is 6.58 Å². The summed E-state index contributed by atoms with van der Waals surface area (Å²) < 4.78 is 5.61. The number of benzene rings is 1.